The quantitative estimate of drug-likeness (QED) is 0.739. The normalized spacial score (nSPS) is 30.8. The molecule has 2 rings (SSSR count). The largest absolute Gasteiger partial charge is 0.311 e. The van der Waals surface area contributed by atoms with Crippen LogP contribution in [-0.2, 0) is 0 Å². The molecule has 0 spiro atoms. The van der Waals surface area contributed by atoms with Gasteiger partial charge in [0.1, 0.15) is 0 Å². The van der Waals surface area contributed by atoms with E-state index in [0.29, 0.717) is 18.0 Å². The smallest absolute Gasteiger partial charge is 0.0111 e. The molecule has 15 heavy (non-hydrogen) atoms. The highest BCUT2D eigenvalue weighted by atomic mass is 15.0. The standard InChI is InChI=1S/C14H21N/c1-9-6-5-7-13(11(9)3)14-8-10(2)15-12(14)4/h5-7,10,12,14-15H,8H2,1-4H3. The van der Waals surface area contributed by atoms with E-state index in [1.807, 2.05) is 0 Å². The molecule has 1 nitrogen and oxygen atoms in total. The van der Waals surface area contributed by atoms with Gasteiger partial charge < -0.3 is 5.32 Å². The lowest BCUT2D eigenvalue weighted by Crippen LogP contribution is -2.26. The van der Waals surface area contributed by atoms with E-state index >= 15 is 0 Å². The Balaban J connectivity index is 2.33. The second kappa shape index (κ2) is 3.97. The van der Waals surface area contributed by atoms with Crippen LogP contribution in [0.25, 0.3) is 0 Å². The van der Waals surface area contributed by atoms with E-state index in [1.54, 1.807) is 5.56 Å². The molecule has 0 aliphatic carbocycles. The minimum atomic E-state index is 0.612. The molecule has 0 radical (unpaired) electrons. The molecule has 1 heteroatoms. The monoisotopic (exact) mass is 203 g/mol. The summed E-state index contributed by atoms with van der Waals surface area (Å²) < 4.78 is 0. The highest BCUT2D eigenvalue weighted by Gasteiger charge is 2.29. The highest BCUT2D eigenvalue weighted by Crippen LogP contribution is 2.33. The molecule has 0 amide bonds. The first-order chi connectivity index (χ1) is 7.09. The second-order valence-corrected chi connectivity index (χ2v) is 4.99. The predicted molar refractivity (Wildman–Crippen MR) is 65.3 cm³/mol. The number of rotatable bonds is 1. The molecule has 3 unspecified atom stereocenters. The Morgan fingerprint density at radius 3 is 2.53 bits per heavy atom. The molecular formula is C14H21N. The molecule has 1 fully saturated rings. The van der Waals surface area contributed by atoms with E-state index < -0.39 is 0 Å². The van der Waals surface area contributed by atoms with Crippen molar-refractivity contribution in [3.05, 3.63) is 34.9 Å². The van der Waals surface area contributed by atoms with Gasteiger partial charge in [-0.15, -0.1) is 0 Å². The summed E-state index contributed by atoms with van der Waals surface area (Å²) in [6.45, 7) is 9.03. The first-order valence-corrected chi connectivity index (χ1v) is 5.91. The zero-order chi connectivity index (χ0) is 11.0. The van der Waals surface area contributed by atoms with Gasteiger partial charge in [-0.2, -0.15) is 0 Å². The average Bonchev–Trinajstić information content (AvgIpc) is 2.50. The maximum atomic E-state index is 3.61. The lowest BCUT2D eigenvalue weighted by molar-refractivity contribution is 0.573. The Hall–Kier alpha value is -0.820. The van der Waals surface area contributed by atoms with Gasteiger partial charge in [0, 0.05) is 18.0 Å². The van der Waals surface area contributed by atoms with Crippen LogP contribution in [-0.4, -0.2) is 12.1 Å². The van der Waals surface area contributed by atoms with Crippen LogP contribution in [0.1, 0.15) is 42.9 Å². The summed E-state index contributed by atoms with van der Waals surface area (Å²) in [6.07, 6.45) is 1.27. The Bertz CT molecular complexity index is 356. The van der Waals surface area contributed by atoms with Crippen molar-refractivity contribution in [2.45, 2.75) is 52.1 Å². The van der Waals surface area contributed by atoms with Crippen LogP contribution in [0, 0.1) is 13.8 Å². The van der Waals surface area contributed by atoms with E-state index in [2.05, 4.69) is 51.2 Å². The second-order valence-electron chi connectivity index (χ2n) is 4.99. The first kappa shape index (κ1) is 10.7. The minimum absolute atomic E-state index is 0.612. The van der Waals surface area contributed by atoms with E-state index in [4.69, 9.17) is 0 Å². The summed E-state index contributed by atoms with van der Waals surface area (Å²) in [6, 6.07) is 7.96. The zero-order valence-electron chi connectivity index (χ0n) is 10.2. The molecule has 1 N–H and O–H groups in total. The van der Waals surface area contributed by atoms with Crippen molar-refractivity contribution < 1.29 is 0 Å². The van der Waals surface area contributed by atoms with Crippen LogP contribution < -0.4 is 5.32 Å². The van der Waals surface area contributed by atoms with Crippen LogP contribution in [0.5, 0.6) is 0 Å². The molecule has 1 saturated heterocycles. The molecular weight excluding hydrogens is 182 g/mol. The minimum Gasteiger partial charge on any atom is -0.311 e. The fourth-order valence-corrected chi connectivity index (χ4v) is 2.79. The number of nitrogens with one attached hydrogen (secondary N) is 1. The maximum absolute atomic E-state index is 3.61. The van der Waals surface area contributed by atoms with Gasteiger partial charge in [0.25, 0.3) is 0 Å². The summed E-state index contributed by atoms with van der Waals surface area (Å²) in [5.74, 6) is 0.694. The van der Waals surface area contributed by atoms with Gasteiger partial charge in [0.05, 0.1) is 0 Å². The van der Waals surface area contributed by atoms with Crippen LogP contribution in [0.2, 0.25) is 0 Å². The van der Waals surface area contributed by atoms with E-state index in [1.165, 1.54) is 17.5 Å². The Kier molecular flexibility index (Phi) is 2.83. The van der Waals surface area contributed by atoms with Crippen LogP contribution in [0.4, 0.5) is 0 Å². The third-order valence-corrected chi connectivity index (χ3v) is 3.80. The summed E-state index contributed by atoms with van der Waals surface area (Å²) in [7, 11) is 0. The van der Waals surface area contributed by atoms with E-state index in [0.717, 1.165) is 0 Å². The molecule has 1 aromatic carbocycles. The number of hydrogen-bond donors (Lipinski definition) is 1. The molecule has 1 aromatic rings. The van der Waals surface area contributed by atoms with Gasteiger partial charge in [0.15, 0.2) is 0 Å². The van der Waals surface area contributed by atoms with Gasteiger partial charge in [-0.1, -0.05) is 18.2 Å². The lowest BCUT2D eigenvalue weighted by Gasteiger charge is -2.18. The van der Waals surface area contributed by atoms with Crippen molar-refractivity contribution in [2.75, 3.05) is 0 Å². The summed E-state index contributed by atoms with van der Waals surface area (Å²) in [5, 5.41) is 3.61. The SMILES string of the molecule is Cc1cccc(C2CC(C)NC2C)c1C. The van der Waals surface area contributed by atoms with Crippen molar-refractivity contribution in [1.82, 2.24) is 5.32 Å². The van der Waals surface area contributed by atoms with Crippen molar-refractivity contribution in [2.24, 2.45) is 0 Å². The lowest BCUT2D eigenvalue weighted by atomic mass is 9.87. The van der Waals surface area contributed by atoms with E-state index in [9.17, 15) is 0 Å². The maximum Gasteiger partial charge on any atom is 0.0111 e. The van der Waals surface area contributed by atoms with Crippen LogP contribution >= 0.6 is 0 Å². The fraction of sp³-hybridized carbons (Fsp3) is 0.571. The molecule has 1 heterocycles. The van der Waals surface area contributed by atoms with Gasteiger partial charge in [-0.25, -0.2) is 0 Å². The summed E-state index contributed by atoms with van der Waals surface area (Å²) in [5.41, 5.74) is 4.43. The molecule has 1 aliphatic heterocycles. The third-order valence-electron chi connectivity index (χ3n) is 3.80. The number of benzene rings is 1. The van der Waals surface area contributed by atoms with Crippen LogP contribution in [0.3, 0.4) is 0 Å². The van der Waals surface area contributed by atoms with Crippen molar-refractivity contribution in [3.8, 4) is 0 Å². The van der Waals surface area contributed by atoms with Gasteiger partial charge in [-0.3, -0.25) is 0 Å². The molecule has 3 atom stereocenters. The molecule has 0 bridgehead atoms. The van der Waals surface area contributed by atoms with Gasteiger partial charge in [-0.05, 0) is 50.8 Å². The predicted octanol–water partition coefficient (Wildman–Crippen LogP) is 3.16. The van der Waals surface area contributed by atoms with Crippen molar-refractivity contribution in [1.29, 1.82) is 0 Å². The Labute approximate surface area is 92.9 Å². The van der Waals surface area contributed by atoms with Crippen LogP contribution in [0.15, 0.2) is 18.2 Å². The first-order valence-electron chi connectivity index (χ1n) is 5.91. The molecule has 0 saturated carbocycles. The Morgan fingerprint density at radius 1 is 1.20 bits per heavy atom. The zero-order valence-corrected chi connectivity index (χ0v) is 10.2. The average molecular weight is 203 g/mol. The van der Waals surface area contributed by atoms with Crippen molar-refractivity contribution >= 4 is 0 Å². The summed E-state index contributed by atoms with van der Waals surface area (Å²) >= 11 is 0. The Morgan fingerprint density at radius 2 is 1.93 bits per heavy atom. The number of hydrogen-bond acceptors (Lipinski definition) is 1. The summed E-state index contributed by atoms with van der Waals surface area (Å²) in [4.78, 5) is 0. The molecule has 1 aliphatic rings. The topological polar surface area (TPSA) is 12.0 Å². The highest BCUT2D eigenvalue weighted by molar-refractivity contribution is 5.37. The third kappa shape index (κ3) is 1.93. The van der Waals surface area contributed by atoms with Gasteiger partial charge in [0.2, 0.25) is 0 Å². The molecule has 0 aromatic heterocycles. The van der Waals surface area contributed by atoms with Gasteiger partial charge >= 0.3 is 0 Å². The fourth-order valence-electron chi connectivity index (χ4n) is 2.79. The molecule has 82 valence electrons. The van der Waals surface area contributed by atoms with Crippen molar-refractivity contribution in [3.63, 3.8) is 0 Å². The number of aryl methyl sites for hydroxylation is 1. The van der Waals surface area contributed by atoms with E-state index in [-0.39, 0.29) is 0 Å².